The van der Waals surface area contributed by atoms with E-state index in [9.17, 15) is 0 Å². The summed E-state index contributed by atoms with van der Waals surface area (Å²) in [6.45, 7) is 0.710. The number of halogens is 1. The number of aromatic nitrogens is 1. The standard InChI is InChI=1S/C13H18N4.HI/c1-17(2)13(14)16-9-7-11-5-3-4-10-6-8-15-12(10)11;/h3-6,8,15H,7,9H2,1-2H3,(H2,14,16);1H. The quantitative estimate of drug-likeness (QED) is 0.502. The molecule has 1 aromatic carbocycles. The molecule has 0 aliphatic carbocycles. The molecule has 4 nitrogen and oxygen atoms in total. The number of nitrogens with one attached hydrogen (secondary N) is 1. The first-order valence-electron chi connectivity index (χ1n) is 5.70. The summed E-state index contributed by atoms with van der Waals surface area (Å²) in [5.74, 6) is 0.573. The Morgan fingerprint density at radius 2 is 2.11 bits per heavy atom. The Kier molecular flexibility index (Phi) is 5.46. The van der Waals surface area contributed by atoms with Crippen LogP contribution >= 0.6 is 24.0 Å². The topological polar surface area (TPSA) is 57.4 Å². The SMILES string of the molecule is CN(C)C(N)=NCCc1cccc2cc[nH]c12.I. The number of aromatic amines is 1. The molecule has 0 aliphatic heterocycles. The van der Waals surface area contributed by atoms with Crippen molar-refractivity contribution < 1.29 is 0 Å². The van der Waals surface area contributed by atoms with Gasteiger partial charge in [-0.05, 0) is 23.4 Å². The lowest BCUT2D eigenvalue weighted by Gasteiger charge is -2.10. The Balaban J connectivity index is 0.00000162. The lowest BCUT2D eigenvalue weighted by molar-refractivity contribution is 0.609. The maximum Gasteiger partial charge on any atom is 0.190 e. The van der Waals surface area contributed by atoms with Crippen LogP contribution in [-0.2, 0) is 6.42 Å². The average Bonchev–Trinajstić information content (AvgIpc) is 2.77. The van der Waals surface area contributed by atoms with E-state index in [1.54, 1.807) is 0 Å². The summed E-state index contributed by atoms with van der Waals surface area (Å²) in [7, 11) is 3.79. The molecule has 1 aromatic heterocycles. The number of aliphatic imine (C=N–C) groups is 1. The Morgan fingerprint density at radius 1 is 1.33 bits per heavy atom. The Morgan fingerprint density at radius 3 is 2.83 bits per heavy atom. The molecule has 0 saturated carbocycles. The number of benzene rings is 1. The lowest BCUT2D eigenvalue weighted by Crippen LogP contribution is -2.30. The Labute approximate surface area is 124 Å². The van der Waals surface area contributed by atoms with Crippen LogP contribution in [0.4, 0.5) is 0 Å². The van der Waals surface area contributed by atoms with Gasteiger partial charge < -0.3 is 15.6 Å². The molecule has 18 heavy (non-hydrogen) atoms. The van der Waals surface area contributed by atoms with E-state index in [-0.39, 0.29) is 24.0 Å². The van der Waals surface area contributed by atoms with Crippen LogP contribution in [0.1, 0.15) is 5.56 Å². The second-order valence-electron chi connectivity index (χ2n) is 4.24. The highest BCUT2D eigenvalue weighted by molar-refractivity contribution is 14.0. The summed E-state index contributed by atoms with van der Waals surface area (Å²) in [6, 6.07) is 8.38. The minimum absolute atomic E-state index is 0. The van der Waals surface area contributed by atoms with Crippen molar-refractivity contribution in [3.63, 3.8) is 0 Å². The van der Waals surface area contributed by atoms with Gasteiger partial charge in [-0.2, -0.15) is 0 Å². The zero-order valence-corrected chi connectivity index (χ0v) is 13.0. The monoisotopic (exact) mass is 358 g/mol. The van der Waals surface area contributed by atoms with Crippen molar-refractivity contribution in [2.75, 3.05) is 20.6 Å². The molecule has 3 N–H and O–H groups in total. The largest absolute Gasteiger partial charge is 0.370 e. The first kappa shape index (κ1) is 14.8. The summed E-state index contributed by atoms with van der Waals surface area (Å²) >= 11 is 0. The average molecular weight is 358 g/mol. The maximum absolute atomic E-state index is 5.74. The molecular formula is C13H19IN4. The number of hydrogen-bond acceptors (Lipinski definition) is 1. The minimum atomic E-state index is 0. The molecule has 2 rings (SSSR count). The van der Waals surface area contributed by atoms with Gasteiger partial charge in [0.15, 0.2) is 5.96 Å². The first-order valence-corrected chi connectivity index (χ1v) is 5.70. The number of rotatable bonds is 3. The van der Waals surface area contributed by atoms with Crippen LogP contribution in [0.2, 0.25) is 0 Å². The molecule has 0 aliphatic rings. The van der Waals surface area contributed by atoms with Crippen LogP contribution in [0.3, 0.4) is 0 Å². The van der Waals surface area contributed by atoms with Crippen molar-refractivity contribution in [2.45, 2.75) is 6.42 Å². The van der Waals surface area contributed by atoms with Gasteiger partial charge >= 0.3 is 0 Å². The van der Waals surface area contributed by atoms with Crippen LogP contribution < -0.4 is 5.73 Å². The van der Waals surface area contributed by atoms with Gasteiger partial charge in [-0.25, -0.2) is 0 Å². The van der Waals surface area contributed by atoms with Gasteiger partial charge in [-0.15, -0.1) is 24.0 Å². The van der Waals surface area contributed by atoms with E-state index in [0.717, 1.165) is 6.42 Å². The number of fused-ring (bicyclic) bond motifs is 1. The van der Waals surface area contributed by atoms with Gasteiger partial charge in [0, 0.05) is 32.4 Å². The van der Waals surface area contributed by atoms with E-state index in [0.29, 0.717) is 12.5 Å². The molecule has 0 unspecified atom stereocenters. The Hall–Kier alpha value is -1.24. The fourth-order valence-electron chi connectivity index (χ4n) is 1.79. The Bertz CT molecular complexity index is 531. The number of H-pyrrole nitrogens is 1. The van der Waals surface area contributed by atoms with Gasteiger partial charge in [-0.1, -0.05) is 18.2 Å². The number of nitrogens with two attached hydrogens (primary N) is 1. The van der Waals surface area contributed by atoms with Gasteiger partial charge in [0.2, 0.25) is 0 Å². The van der Waals surface area contributed by atoms with Crippen LogP contribution in [0.5, 0.6) is 0 Å². The number of hydrogen-bond donors (Lipinski definition) is 2. The summed E-state index contributed by atoms with van der Waals surface area (Å²) in [5.41, 5.74) is 8.22. The van der Waals surface area contributed by atoms with E-state index in [1.165, 1.54) is 16.5 Å². The normalized spacial score (nSPS) is 11.3. The van der Waals surface area contributed by atoms with Crippen LogP contribution in [0.15, 0.2) is 35.5 Å². The molecule has 0 amide bonds. The van der Waals surface area contributed by atoms with E-state index in [4.69, 9.17) is 5.73 Å². The molecule has 0 atom stereocenters. The molecular weight excluding hydrogens is 339 g/mol. The third-order valence-corrected chi connectivity index (χ3v) is 2.79. The van der Waals surface area contributed by atoms with E-state index in [1.807, 2.05) is 25.2 Å². The van der Waals surface area contributed by atoms with Crippen LogP contribution in [-0.4, -0.2) is 36.5 Å². The van der Waals surface area contributed by atoms with E-state index >= 15 is 0 Å². The zero-order chi connectivity index (χ0) is 12.3. The second kappa shape index (κ2) is 6.63. The van der Waals surface area contributed by atoms with Gasteiger partial charge in [0.1, 0.15) is 0 Å². The van der Waals surface area contributed by atoms with Crippen LogP contribution in [0, 0.1) is 0 Å². The fourth-order valence-corrected chi connectivity index (χ4v) is 1.79. The molecule has 0 bridgehead atoms. The number of nitrogens with zero attached hydrogens (tertiary/aromatic N) is 2. The summed E-state index contributed by atoms with van der Waals surface area (Å²) < 4.78 is 0. The van der Waals surface area contributed by atoms with Crippen molar-refractivity contribution in [1.29, 1.82) is 0 Å². The number of guanidine groups is 1. The van der Waals surface area contributed by atoms with Crippen molar-refractivity contribution in [1.82, 2.24) is 9.88 Å². The van der Waals surface area contributed by atoms with Crippen molar-refractivity contribution in [3.8, 4) is 0 Å². The molecule has 1 heterocycles. The molecule has 98 valence electrons. The molecule has 5 heteroatoms. The fraction of sp³-hybridized carbons (Fsp3) is 0.308. The highest BCUT2D eigenvalue weighted by Crippen LogP contribution is 2.17. The number of para-hydroxylation sites is 1. The zero-order valence-electron chi connectivity index (χ0n) is 10.7. The highest BCUT2D eigenvalue weighted by Gasteiger charge is 2.01. The third kappa shape index (κ3) is 3.38. The third-order valence-electron chi connectivity index (χ3n) is 2.79. The highest BCUT2D eigenvalue weighted by atomic mass is 127. The van der Waals surface area contributed by atoms with Gasteiger partial charge in [0.25, 0.3) is 0 Å². The summed E-state index contributed by atoms with van der Waals surface area (Å²) in [4.78, 5) is 9.39. The van der Waals surface area contributed by atoms with Crippen molar-refractivity contribution >= 4 is 40.8 Å². The summed E-state index contributed by atoms with van der Waals surface area (Å²) in [6.07, 6.45) is 2.86. The minimum Gasteiger partial charge on any atom is -0.370 e. The lowest BCUT2D eigenvalue weighted by atomic mass is 10.1. The smallest absolute Gasteiger partial charge is 0.190 e. The predicted molar refractivity (Wildman–Crippen MR) is 87.6 cm³/mol. The second-order valence-corrected chi connectivity index (χ2v) is 4.24. The molecule has 0 radical (unpaired) electrons. The van der Waals surface area contributed by atoms with Crippen molar-refractivity contribution in [2.24, 2.45) is 10.7 Å². The maximum atomic E-state index is 5.74. The van der Waals surface area contributed by atoms with Crippen molar-refractivity contribution in [3.05, 3.63) is 36.0 Å². The van der Waals surface area contributed by atoms with Gasteiger partial charge in [-0.3, -0.25) is 4.99 Å². The first-order chi connectivity index (χ1) is 8.18. The van der Waals surface area contributed by atoms with Crippen LogP contribution in [0.25, 0.3) is 10.9 Å². The van der Waals surface area contributed by atoms with Gasteiger partial charge in [0.05, 0.1) is 0 Å². The molecule has 0 fully saturated rings. The van der Waals surface area contributed by atoms with E-state index in [2.05, 4.69) is 34.2 Å². The van der Waals surface area contributed by atoms with E-state index < -0.39 is 0 Å². The summed E-state index contributed by atoms with van der Waals surface area (Å²) in [5, 5.41) is 1.24. The predicted octanol–water partition coefficient (Wildman–Crippen LogP) is 2.20. The molecule has 0 spiro atoms. The molecule has 0 saturated heterocycles. The molecule has 2 aromatic rings.